The highest BCUT2D eigenvalue weighted by atomic mass is 79.9. The van der Waals surface area contributed by atoms with Crippen LogP contribution in [0.4, 0.5) is 0 Å². The number of rotatable bonds is 2. The number of aliphatic hydroxyl groups excluding tert-OH is 1. The lowest BCUT2D eigenvalue weighted by Crippen LogP contribution is -2.18. The normalized spacial score (nSPS) is 30.2. The van der Waals surface area contributed by atoms with Gasteiger partial charge in [0.2, 0.25) is 0 Å². The molecule has 1 aromatic rings. The van der Waals surface area contributed by atoms with Gasteiger partial charge in [0.1, 0.15) is 0 Å². The van der Waals surface area contributed by atoms with Crippen molar-refractivity contribution in [1.29, 1.82) is 0 Å². The Hall–Kier alpha value is -0.350. The van der Waals surface area contributed by atoms with Gasteiger partial charge in [0.15, 0.2) is 0 Å². The van der Waals surface area contributed by atoms with E-state index in [9.17, 15) is 5.11 Å². The van der Waals surface area contributed by atoms with Crippen LogP contribution in [0.2, 0.25) is 0 Å². The molecule has 1 aliphatic carbocycles. The first-order chi connectivity index (χ1) is 7.52. The second kappa shape index (κ2) is 4.49. The van der Waals surface area contributed by atoms with Crippen molar-refractivity contribution in [2.45, 2.75) is 51.7 Å². The van der Waals surface area contributed by atoms with Crippen molar-refractivity contribution in [3.8, 4) is 0 Å². The highest BCUT2D eigenvalue weighted by Gasteiger charge is 2.35. The fraction of sp³-hybridized carbons (Fsp3) is 0.750. The largest absolute Gasteiger partial charge is 0.393 e. The summed E-state index contributed by atoms with van der Waals surface area (Å²) in [5.41, 5.74) is 1.25. The van der Waals surface area contributed by atoms with E-state index in [2.05, 4.69) is 46.5 Å². The average molecular weight is 287 g/mol. The Morgan fingerprint density at radius 2 is 2.19 bits per heavy atom. The van der Waals surface area contributed by atoms with Crippen molar-refractivity contribution < 1.29 is 5.11 Å². The van der Waals surface area contributed by atoms with Gasteiger partial charge in [-0.05, 0) is 48.5 Å². The molecule has 1 saturated carbocycles. The first-order valence-corrected chi connectivity index (χ1v) is 6.72. The van der Waals surface area contributed by atoms with E-state index in [4.69, 9.17) is 0 Å². The molecule has 1 fully saturated rings. The van der Waals surface area contributed by atoms with Gasteiger partial charge in [-0.1, -0.05) is 6.92 Å². The molecule has 90 valence electrons. The molecular formula is C12H19BrN2O. The van der Waals surface area contributed by atoms with Gasteiger partial charge in [-0.3, -0.25) is 4.68 Å². The summed E-state index contributed by atoms with van der Waals surface area (Å²) >= 11 is 3.58. The summed E-state index contributed by atoms with van der Waals surface area (Å²) in [5, 5.41) is 14.2. The molecule has 0 amide bonds. The van der Waals surface area contributed by atoms with E-state index < -0.39 is 0 Å². The van der Waals surface area contributed by atoms with Gasteiger partial charge < -0.3 is 5.11 Å². The van der Waals surface area contributed by atoms with Gasteiger partial charge in [-0.2, -0.15) is 5.10 Å². The zero-order valence-corrected chi connectivity index (χ0v) is 11.6. The highest BCUT2D eigenvalue weighted by molar-refractivity contribution is 9.10. The molecule has 1 N–H and O–H groups in total. The summed E-state index contributed by atoms with van der Waals surface area (Å²) in [5.74, 6) is 0.750. The summed E-state index contributed by atoms with van der Waals surface area (Å²) in [6, 6.07) is 0.367. The van der Waals surface area contributed by atoms with Gasteiger partial charge >= 0.3 is 0 Å². The van der Waals surface area contributed by atoms with E-state index in [1.165, 1.54) is 5.69 Å². The van der Waals surface area contributed by atoms with Crippen LogP contribution in [0.5, 0.6) is 0 Å². The van der Waals surface area contributed by atoms with E-state index >= 15 is 0 Å². The Morgan fingerprint density at radius 3 is 2.69 bits per heavy atom. The molecule has 4 heteroatoms. The predicted octanol–water partition coefficient (Wildman–Crippen LogP) is 3.10. The maximum absolute atomic E-state index is 9.84. The van der Waals surface area contributed by atoms with E-state index in [0.29, 0.717) is 17.9 Å². The number of nitrogens with zero attached hydrogens (tertiary/aromatic N) is 2. The molecule has 3 nitrogen and oxygen atoms in total. The zero-order valence-electron chi connectivity index (χ0n) is 10.0. The van der Waals surface area contributed by atoms with Crippen molar-refractivity contribution in [3.63, 3.8) is 0 Å². The lowest BCUT2D eigenvalue weighted by atomic mass is 9.93. The van der Waals surface area contributed by atoms with Gasteiger partial charge in [0, 0.05) is 12.0 Å². The van der Waals surface area contributed by atoms with E-state index in [1.807, 2.05) is 6.20 Å². The Kier molecular flexibility index (Phi) is 3.40. The topological polar surface area (TPSA) is 38.1 Å². The summed E-state index contributed by atoms with van der Waals surface area (Å²) in [7, 11) is 0. The predicted molar refractivity (Wildman–Crippen MR) is 67.5 cm³/mol. The van der Waals surface area contributed by atoms with Crippen LogP contribution >= 0.6 is 15.9 Å². The van der Waals surface area contributed by atoms with Crippen LogP contribution in [0.25, 0.3) is 0 Å². The summed E-state index contributed by atoms with van der Waals surface area (Å²) in [4.78, 5) is 0. The molecule has 0 bridgehead atoms. The zero-order chi connectivity index (χ0) is 11.9. The maximum Gasteiger partial charge on any atom is 0.0635 e. The number of hydrogen-bond donors (Lipinski definition) is 1. The van der Waals surface area contributed by atoms with Crippen LogP contribution in [0.3, 0.4) is 0 Å². The van der Waals surface area contributed by atoms with Crippen LogP contribution in [0.1, 0.15) is 51.3 Å². The fourth-order valence-corrected chi connectivity index (χ4v) is 3.21. The fourth-order valence-electron chi connectivity index (χ4n) is 2.64. The smallest absolute Gasteiger partial charge is 0.0635 e. The SMILES string of the molecule is CC1C(O)CCC1c1c(Br)cnn1C(C)C. The standard InChI is InChI=1S/C12H19BrN2O/c1-7(2)15-12(10(13)6-14-15)9-4-5-11(16)8(9)3/h6-9,11,16H,4-5H2,1-3H3. The molecule has 3 unspecified atom stereocenters. The molecule has 2 rings (SSSR count). The third-order valence-electron chi connectivity index (χ3n) is 3.64. The van der Waals surface area contributed by atoms with Crippen molar-refractivity contribution in [2.24, 2.45) is 5.92 Å². The van der Waals surface area contributed by atoms with E-state index in [-0.39, 0.29) is 6.10 Å². The third-order valence-corrected chi connectivity index (χ3v) is 4.25. The first-order valence-electron chi connectivity index (χ1n) is 5.93. The molecule has 16 heavy (non-hydrogen) atoms. The minimum Gasteiger partial charge on any atom is -0.393 e. The van der Waals surface area contributed by atoms with Crippen LogP contribution in [-0.4, -0.2) is 21.0 Å². The first kappa shape index (κ1) is 12.1. The van der Waals surface area contributed by atoms with Crippen molar-refractivity contribution in [2.75, 3.05) is 0 Å². The molecule has 1 aromatic heterocycles. The lowest BCUT2D eigenvalue weighted by Gasteiger charge is -2.21. The van der Waals surface area contributed by atoms with Crippen LogP contribution in [0.15, 0.2) is 10.7 Å². The Bertz CT molecular complexity index is 375. The number of aliphatic hydroxyl groups is 1. The Labute approximate surface area is 105 Å². The minimum atomic E-state index is -0.160. The van der Waals surface area contributed by atoms with Crippen LogP contribution in [0, 0.1) is 5.92 Å². The number of hydrogen-bond acceptors (Lipinski definition) is 2. The Morgan fingerprint density at radius 1 is 1.50 bits per heavy atom. The van der Waals surface area contributed by atoms with Crippen molar-refractivity contribution in [3.05, 3.63) is 16.4 Å². The van der Waals surface area contributed by atoms with Gasteiger partial charge in [-0.15, -0.1) is 0 Å². The summed E-state index contributed by atoms with van der Waals surface area (Å²) in [6.45, 7) is 6.41. The van der Waals surface area contributed by atoms with E-state index in [1.54, 1.807) is 0 Å². The van der Waals surface area contributed by atoms with Gasteiger partial charge in [0.25, 0.3) is 0 Å². The molecule has 3 atom stereocenters. The van der Waals surface area contributed by atoms with Crippen LogP contribution < -0.4 is 0 Å². The lowest BCUT2D eigenvalue weighted by molar-refractivity contribution is 0.135. The average Bonchev–Trinajstić information content (AvgIpc) is 2.73. The summed E-state index contributed by atoms with van der Waals surface area (Å²) in [6.07, 6.45) is 3.67. The minimum absolute atomic E-state index is 0.160. The third kappa shape index (κ3) is 1.93. The molecule has 0 radical (unpaired) electrons. The van der Waals surface area contributed by atoms with Crippen LogP contribution in [-0.2, 0) is 0 Å². The molecular weight excluding hydrogens is 268 g/mol. The summed E-state index contributed by atoms with van der Waals surface area (Å²) < 4.78 is 3.15. The molecule has 0 aliphatic heterocycles. The number of aromatic nitrogens is 2. The van der Waals surface area contributed by atoms with Crippen molar-refractivity contribution in [1.82, 2.24) is 9.78 Å². The van der Waals surface area contributed by atoms with E-state index in [0.717, 1.165) is 17.3 Å². The molecule has 0 aromatic carbocycles. The van der Waals surface area contributed by atoms with Gasteiger partial charge in [0.05, 0.1) is 22.5 Å². The Balaban J connectivity index is 2.36. The second-order valence-electron chi connectivity index (χ2n) is 5.03. The number of halogens is 1. The highest BCUT2D eigenvalue weighted by Crippen LogP contribution is 2.42. The molecule has 1 aliphatic rings. The monoisotopic (exact) mass is 286 g/mol. The molecule has 0 saturated heterocycles. The molecule has 1 heterocycles. The maximum atomic E-state index is 9.84. The van der Waals surface area contributed by atoms with Gasteiger partial charge in [-0.25, -0.2) is 0 Å². The quantitative estimate of drug-likeness (QED) is 0.907. The van der Waals surface area contributed by atoms with Crippen molar-refractivity contribution >= 4 is 15.9 Å². The second-order valence-corrected chi connectivity index (χ2v) is 5.88. The molecule has 0 spiro atoms.